The zero-order valence-electron chi connectivity index (χ0n) is 14.8. The first kappa shape index (κ1) is 17.2. The number of hydrogen-bond acceptors (Lipinski definition) is 3. The maximum absolute atomic E-state index is 12.7. The molecule has 3 heteroatoms. The highest BCUT2D eigenvalue weighted by Gasteiger charge is 2.15. The normalized spacial score (nSPS) is 10.8. The van der Waals surface area contributed by atoms with Crippen molar-refractivity contribution in [2.75, 3.05) is 6.61 Å². The number of unbranched alkanes of at least 4 members (excludes halogenated alkanes) is 2. The van der Waals surface area contributed by atoms with E-state index >= 15 is 0 Å². The summed E-state index contributed by atoms with van der Waals surface area (Å²) >= 11 is 0. The minimum atomic E-state index is -0.272. The molecule has 1 heterocycles. The molecule has 0 aliphatic heterocycles. The van der Waals surface area contributed by atoms with Gasteiger partial charge in [-0.1, -0.05) is 61.7 Å². The number of rotatable bonds is 6. The van der Waals surface area contributed by atoms with Gasteiger partial charge >= 0.3 is 5.97 Å². The van der Waals surface area contributed by atoms with Crippen molar-refractivity contribution in [3.8, 4) is 11.3 Å². The van der Waals surface area contributed by atoms with Crippen LogP contribution in [0.1, 0.15) is 42.1 Å². The molecule has 3 rings (SSSR count). The lowest BCUT2D eigenvalue weighted by Crippen LogP contribution is -2.08. The van der Waals surface area contributed by atoms with Crippen molar-refractivity contribution in [1.29, 1.82) is 0 Å². The van der Waals surface area contributed by atoms with E-state index in [0.717, 1.165) is 47.0 Å². The smallest absolute Gasteiger partial charge is 0.338 e. The molecule has 0 radical (unpaired) electrons. The monoisotopic (exact) mass is 333 g/mol. The Morgan fingerprint density at radius 3 is 2.60 bits per heavy atom. The van der Waals surface area contributed by atoms with Crippen LogP contribution in [-0.4, -0.2) is 17.6 Å². The van der Waals surface area contributed by atoms with Crippen LogP contribution in [0.3, 0.4) is 0 Å². The number of esters is 1. The number of ether oxygens (including phenoxy) is 1. The van der Waals surface area contributed by atoms with Crippen LogP contribution in [0.5, 0.6) is 0 Å². The SMILES string of the molecule is CCCCCOC(=O)c1cc(-c2ccccc2)nc2ccc(C)cc12. The van der Waals surface area contributed by atoms with Crippen LogP contribution in [0.2, 0.25) is 0 Å². The number of pyridine rings is 1. The topological polar surface area (TPSA) is 39.2 Å². The van der Waals surface area contributed by atoms with E-state index in [9.17, 15) is 4.79 Å². The van der Waals surface area contributed by atoms with Crippen molar-refractivity contribution in [2.24, 2.45) is 0 Å². The van der Waals surface area contributed by atoms with E-state index in [2.05, 4.69) is 6.92 Å². The first-order valence-corrected chi connectivity index (χ1v) is 8.83. The van der Waals surface area contributed by atoms with Gasteiger partial charge < -0.3 is 4.74 Å². The van der Waals surface area contributed by atoms with Crippen LogP contribution in [-0.2, 0) is 4.74 Å². The molecule has 3 nitrogen and oxygen atoms in total. The Labute approximate surface area is 148 Å². The molecule has 0 amide bonds. The number of hydrogen-bond donors (Lipinski definition) is 0. The number of nitrogens with zero attached hydrogens (tertiary/aromatic N) is 1. The highest BCUT2D eigenvalue weighted by atomic mass is 16.5. The molecule has 0 saturated heterocycles. The molecule has 0 spiro atoms. The van der Waals surface area contributed by atoms with Gasteiger partial charge in [0.2, 0.25) is 0 Å². The van der Waals surface area contributed by atoms with Gasteiger partial charge in [0.1, 0.15) is 0 Å². The van der Waals surface area contributed by atoms with E-state index in [1.165, 1.54) is 0 Å². The fourth-order valence-electron chi connectivity index (χ4n) is 2.86. The first-order valence-electron chi connectivity index (χ1n) is 8.83. The number of carbonyl (C=O) groups excluding carboxylic acids is 1. The first-order chi connectivity index (χ1) is 12.2. The van der Waals surface area contributed by atoms with Crippen molar-refractivity contribution >= 4 is 16.9 Å². The number of aromatic nitrogens is 1. The highest BCUT2D eigenvalue weighted by Crippen LogP contribution is 2.26. The standard InChI is InChI=1S/C22H23NO2/c1-3-4-8-13-25-22(24)19-15-21(17-9-6-5-7-10-17)23-20-12-11-16(2)14-18(19)20/h5-7,9-12,14-15H,3-4,8,13H2,1-2H3. The number of aryl methyl sites for hydroxylation is 1. The molecule has 1 aromatic heterocycles. The van der Waals surface area contributed by atoms with Crippen molar-refractivity contribution < 1.29 is 9.53 Å². The second kappa shape index (κ2) is 7.93. The van der Waals surface area contributed by atoms with Gasteiger partial charge in [-0.2, -0.15) is 0 Å². The summed E-state index contributed by atoms with van der Waals surface area (Å²) in [7, 11) is 0. The van der Waals surface area contributed by atoms with E-state index in [0.29, 0.717) is 12.2 Å². The predicted molar refractivity (Wildman–Crippen MR) is 102 cm³/mol. The van der Waals surface area contributed by atoms with E-state index in [4.69, 9.17) is 9.72 Å². The molecule has 0 N–H and O–H groups in total. The Kier molecular flexibility index (Phi) is 5.44. The second-order valence-electron chi connectivity index (χ2n) is 6.28. The molecular weight excluding hydrogens is 310 g/mol. The van der Waals surface area contributed by atoms with Crippen molar-refractivity contribution in [3.63, 3.8) is 0 Å². The Bertz CT molecular complexity index is 872. The molecule has 0 bridgehead atoms. The Morgan fingerprint density at radius 1 is 1.04 bits per heavy atom. The maximum Gasteiger partial charge on any atom is 0.338 e. The fourth-order valence-corrected chi connectivity index (χ4v) is 2.86. The zero-order chi connectivity index (χ0) is 17.6. The third-order valence-corrected chi connectivity index (χ3v) is 4.23. The Hall–Kier alpha value is -2.68. The lowest BCUT2D eigenvalue weighted by molar-refractivity contribution is 0.0500. The Morgan fingerprint density at radius 2 is 1.84 bits per heavy atom. The molecule has 0 aliphatic rings. The summed E-state index contributed by atoms with van der Waals surface area (Å²) in [6, 6.07) is 17.7. The Balaban J connectivity index is 2.01. The molecule has 128 valence electrons. The van der Waals surface area contributed by atoms with E-state index in [1.54, 1.807) is 0 Å². The molecule has 0 saturated carbocycles. The third kappa shape index (κ3) is 4.05. The van der Waals surface area contributed by atoms with Crippen LogP contribution < -0.4 is 0 Å². The fraction of sp³-hybridized carbons (Fsp3) is 0.273. The predicted octanol–water partition coefficient (Wildman–Crippen LogP) is 5.56. The van der Waals surface area contributed by atoms with Crippen LogP contribution in [0, 0.1) is 6.92 Å². The van der Waals surface area contributed by atoms with E-state index in [1.807, 2.05) is 61.5 Å². The van der Waals surface area contributed by atoms with Crippen molar-refractivity contribution in [2.45, 2.75) is 33.1 Å². The van der Waals surface area contributed by atoms with Crippen LogP contribution >= 0.6 is 0 Å². The highest BCUT2D eigenvalue weighted by molar-refractivity contribution is 6.04. The average Bonchev–Trinajstić information content (AvgIpc) is 2.65. The van der Waals surface area contributed by atoms with Gasteiger partial charge in [-0.05, 0) is 31.5 Å². The minimum Gasteiger partial charge on any atom is -0.462 e. The summed E-state index contributed by atoms with van der Waals surface area (Å²) in [6.45, 7) is 4.61. The van der Waals surface area contributed by atoms with E-state index < -0.39 is 0 Å². The summed E-state index contributed by atoms with van der Waals surface area (Å²) in [5, 5.41) is 0.847. The van der Waals surface area contributed by atoms with Crippen LogP contribution in [0.25, 0.3) is 22.2 Å². The summed E-state index contributed by atoms with van der Waals surface area (Å²) in [6.07, 6.45) is 3.07. The second-order valence-corrected chi connectivity index (χ2v) is 6.28. The molecule has 0 atom stereocenters. The van der Waals surface area contributed by atoms with E-state index in [-0.39, 0.29) is 5.97 Å². The molecular formula is C22H23NO2. The molecule has 0 unspecified atom stereocenters. The molecule has 0 fully saturated rings. The number of carbonyl (C=O) groups is 1. The summed E-state index contributed by atoms with van der Waals surface area (Å²) in [5.41, 5.74) is 4.28. The van der Waals surface area contributed by atoms with Gasteiger partial charge in [-0.3, -0.25) is 0 Å². The number of benzene rings is 2. The van der Waals surface area contributed by atoms with Crippen molar-refractivity contribution in [1.82, 2.24) is 4.98 Å². The molecule has 3 aromatic rings. The van der Waals surface area contributed by atoms with Gasteiger partial charge in [0, 0.05) is 10.9 Å². The summed E-state index contributed by atoms with van der Waals surface area (Å²) < 4.78 is 5.50. The van der Waals surface area contributed by atoms with Gasteiger partial charge in [0.05, 0.1) is 23.4 Å². The third-order valence-electron chi connectivity index (χ3n) is 4.23. The van der Waals surface area contributed by atoms with Crippen LogP contribution in [0.4, 0.5) is 0 Å². The molecule has 2 aromatic carbocycles. The van der Waals surface area contributed by atoms with Crippen LogP contribution in [0.15, 0.2) is 54.6 Å². The molecule has 0 aliphatic carbocycles. The maximum atomic E-state index is 12.7. The lowest BCUT2D eigenvalue weighted by atomic mass is 10.0. The summed E-state index contributed by atoms with van der Waals surface area (Å²) in [4.78, 5) is 17.4. The average molecular weight is 333 g/mol. The lowest BCUT2D eigenvalue weighted by Gasteiger charge is -2.11. The van der Waals surface area contributed by atoms with Crippen molar-refractivity contribution in [3.05, 3.63) is 65.7 Å². The quantitative estimate of drug-likeness (QED) is 0.438. The van der Waals surface area contributed by atoms with Gasteiger partial charge in [0.25, 0.3) is 0 Å². The van der Waals surface area contributed by atoms with Gasteiger partial charge in [-0.15, -0.1) is 0 Å². The zero-order valence-corrected chi connectivity index (χ0v) is 14.8. The number of fused-ring (bicyclic) bond motifs is 1. The summed E-state index contributed by atoms with van der Waals surface area (Å²) in [5.74, 6) is -0.272. The van der Waals surface area contributed by atoms with Gasteiger partial charge in [-0.25, -0.2) is 9.78 Å². The largest absolute Gasteiger partial charge is 0.462 e. The minimum absolute atomic E-state index is 0.272. The van der Waals surface area contributed by atoms with Gasteiger partial charge in [0.15, 0.2) is 0 Å². The molecule has 25 heavy (non-hydrogen) atoms.